The van der Waals surface area contributed by atoms with Gasteiger partial charge in [0.1, 0.15) is 5.82 Å². The van der Waals surface area contributed by atoms with Crippen LogP contribution in [0.3, 0.4) is 0 Å². The Morgan fingerprint density at radius 3 is 2.38 bits per heavy atom. The lowest BCUT2D eigenvalue weighted by molar-refractivity contribution is -0.139. The summed E-state index contributed by atoms with van der Waals surface area (Å²) < 4.78 is 65.8. The molecule has 0 aromatic heterocycles. The fraction of sp³-hybridized carbons (Fsp3) is 0.478. The molecule has 0 radical (unpaired) electrons. The Kier molecular flexibility index (Phi) is 6.96. The summed E-state index contributed by atoms with van der Waals surface area (Å²) in [4.78, 5) is 0. The minimum absolute atomic E-state index is 0.0169. The van der Waals surface area contributed by atoms with Gasteiger partial charge in [0.05, 0.1) is 24.4 Å². The van der Waals surface area contributed by atoms with Crippen LogP contribution in [-0.2, 0) is 22.1 Å². The molecule has 0 aliphatic carbocycles. The third-order valence-corrected chi connectivity index (χ3v) is 5.37. The molecule has 0 saturated carbocycles. The van der Waals surface area contributed by atoms with Crippen LogP contribution in [0, 0.1) is 12.7 Å². The lowest BCUT2D eigenvalue weighted by atomic mass is 9.94. The van der Waals surface area contributed by atoms with E-state index in [1.807, 2.05) is 6.92 Å². The summed E-state index contributed by atoms with van der Waals surface area (Å²) in [5.41, 5.74) is 0.0186. The van der Waals surface area contributed by atoms with E-state index in [-0.39, 0.29) is 23.3 Å². The third kappa shape index (κ3) is 5.37. The molecule has 1 fully saturated rings. The van der Waals surface area contributed by atoms with Crippen LogP contribution in [0.4, 0.5) is 17.6 Å². The van der Waals surface area contributed by atoms with Crippen molar-refractivity contribution in [1.29, 1.82) is 0 Å². The molecular formula is C23H26F4O2. The van der Waals surface area contributed by atoms with E-state index in [0.717, 1.165) is 31.2 Å². The highest BCUT2D eigenvalue weighted by molar-refractivity contribution is 5.69. The average Bonchev–Trinajstić information content (AvgIpc) is 2.69. The van der Waals surface area contributed by atoms with Gasteiger partial charge in [0.15, 0.2) is 0 Å². The van der Waals surface area contributed by atoms with Gasteiger partial charge in [-0.2, -0.15) is 13.2 Å². The SMILES string of the molecule is CCOC1CCC(CCc2ccc(-c3ccc(C)c(F)c3C(F)(F)F)cc2)OC1. The van der Waals surface area contributed by atoms with Gasteiger partial charge < -0.3 is 9.47 Å². The number of hydrogen-bond donors (Lipinski definition) is 0. The molecule has 0 amide bonds. The van der Waals surface area contributed by atoms with Crippen LogP contribution in [-0.4, -0.2) is 25.4 Å². The quantitative estimate of drug-likeness (QED) is 0.518. The van der Waals surface area contributed by atoms with Crippen molar-refractivity contribution < 1.29 is 27.0 Å². The number of aryl methyl sites for hydroxylation is 2. The maximum atomic E-state index is 14.2. The summed E-state index contributed by atoms with van der Waals surface area (Å²) in [5.74, 6) is -1.21. The minimum Gasteiger partial charge on any atom is -0.376 e. The zero-order valence-electron chi connectivity index (χ0n) is 16.7. The van der Waals surface area contributed by atoms with Crippen LogP contribution in [0.5, 0.6) is 0 Å². The lowest BCUT2D eigenvalue weighted by Crippen LogP contribution is -2.31. The van der Waals surface area contributed by atoms with Gasteiger partial charge in [-0.3, -0.25) is 0 Å². The molecule has 0 N–H and O–H groups in total. The van der Waals surface area contributed by atoms with Gasteiger partial charge in [-0.05, 0) is 61.8 Å². The van der Waals surface area contributed by atoms with E-state index in [0.29, 0.717) is 18.8 Å². The molecule has 0 bridgehead atoms. The first-order chi connectivity index (χ1) is 13.8. The van der Waals surface area contributed by atoms with E-state index in [9.17, 15) is 17.6 Å². The number of hydrogen-bond acceptors (Lipinski definition) is 2. The van der Waals surface area contributed by atoms with Gasteiger partial charge in [-0.25, -0.2) is 4.39 Å². The molecule has 1 aliphatic heterocycles. The van der Waals surface area contributed by atoms with E-state index in [1.54, 1.807) is 24.3 Å². The van der Waals surface area contributed by atoms with Crippen LogP contribution in [0.25, 0.3) is 11.1 Å². The average molecular weight is 410 g/mol. The Bertz CT molecular complexity index is 807. The first kappa shape index (κ1) is 21.8. The molecule has 0 spiro atoms. The molecule has 2 atom stereocenters. The largest absolute Gasteiger partial charge is 0.419 e. The zero-order chi connectivity index (χ0) is 21.0. The van der Waals surface area contributed by atoms with Crippen molar-refractivity contribution >= 4 is 0 Å². The van der Waals surface area contributed by atoms with Crippen LogP contribution < -0.4 is 0 Å². The van der Waals surface area contributed by atoms with E-state index >= 15 is 0 Å². The van der Waals surface area contributed by atoms with Crippen molar-refractivity contribution in [2.75, 3.05) is 13.2 Å². The molecule has 2 unspecified atom stereocenters. The van der Waals surface area contributed by atoms with Crippen LogP contribution in [0.15, 0.2) is 36.4 Å². The molecule has 6 heteroatoms. The second-order valence-corrected chi connectivity index (χ2v) is 7.46. The second-order valence-electron chi connectivity index (χ2n) is 7.46. The van der Waals surface area contributed by atoms with Crippen LogP contribution in [0.2, 0.25) is 0 Å². The molecule has 3 rings (SSSR count). The number of benzene rings is 2. The molecule has 1 aliphatic rings. The zero-order valence-corrected chi connectivity index (χ0v) is 16.7. The Morgan fingerprint density at radius 2 is 1.79 bits per heavy atom. The number of ether oxygens (including phenoxy) is 2. The van der Waals surface area contributed by atoms with Crippen molar-refractivity contribution in [2.24, 2.45) is 0 Å². The van der Waals surface area contributed by atoms with Crippen molar-refractivity contribution in [3.05, 3.63) is 58.9 Å². The van der Waals surface area contributed by atoms with Gasteiger partial charge in [0.2, 0.25) is 0 Å². The predicted molar refractivity (Wildman–Crippen MR) is 104 cm³/mol. The van der Waals surface area contributed by atoms with Crippen molar-refractivity contribution in [3.63, 3.8) is 0 Å². The van der Waals surface area contributed by atoms with Crippen LogP contribution in [0.1, 0.15) is 42.9 Å². The number of alkyl halides is 3. The Hall–Kier alpha value is -1.92. The van der Waals surface area contributed by atoms with Crippen molar-refractivity contribution in [2.45, 2.75) is 57.9 Å². The lowest BCUT2D eigenvalue weighted by Gasteiger charge is -2.28. The summed E-state index contributed by atoms with van der Waals surface area (Å²) in [5, 5.41) is 0. The van der Waals surface area contributed by atoms with Gasteiger partial charge in [0.25, 0.3) is 0 Å². The standard InChI is InChI=1S/C23H26F4O2/c1-3-28-19-12-11-18(29-14-19)10-7-16-5-8-17(9-6-16)20-13-4-15(2)22(24)21(20)23(25,26)27/h4-6,8-9,13,18-19H,3,7,10-12,14H2,1-2H3. The smallest absolute Gasteiger partial charge is 0.376 e. The van der Waals surface area contributed by atoms with Crippen LogP contribution >= 0.6 is 0 Å². The van der Waals surface area contributed by atoms with Gasteiger partial charge in [-0.1, -0.05) is 36.4 Å². The summed E-state index contributed by atoms with van der Waals surface area (Å²) >= 11 is 0. The van der Waals surface area contributed by atoms with E-state index in [1.165, 1.54) is 19.1 Å². The molecule has 2 aromatic carbocycles. The highest BCUT2D eigenvalue weighted by Crippen LogP contribution is 2.39. The monoisotopic (exact) mass is 410 g/mol. The van der Waals surface area contributed by atoms with Gasteiger partial charge in [-0.15, -0.1) is 0 Å². The third-order valence-electron chi connectivity index (χ3n) is 5.37. The molecule has 1 heterocycles. The van der Waals surface area contributed by atoms with Gasteiger partial charge >= 0.3 is 6.18 Å². The van der Waals surface area contributed by atoms with Crippen molar-refractivity contribution in [1.82, 2.24) is 0 Å². The summed E-state index contributed by atoms with van der Waals surface area (Å²) in [6.07, 6.45) is -0.842. The molecule has 158 valence electrons. The summed E-state index contributed by atoms with van der Waals surface area (Å²) in [6.45, 7) is 4.60. The first-order valence-electron chi connectivity index (χ1n) is 9.98. The number of rotatable bonds is 6. The molecule has 29 heavy (non-hydrogen) atoms. The maximum Gasteiger partial charge on any atom is 0.419 e. The fourth-order valence-corrected chi connectivity index (χ4v) is 3.75. The van der Waals surface area contributed by atoms with E-state index in [4.69, 9.17) is 9.47 Å². The summed E-state index contributed by atoms with van der Waals surface area (Å²) in [7, 11) is 0. The highest BCUT2D eigenvalue weighted by Gasteiger charge is 2.37. The summed E-state index contributed by atoms with van der Waals surface area (Å²) in [6, 6.07) is 9.58. The van der Waals surface area contributed by atoms with Crippen molar-refractivity contribution in [3.8, 4) is 11.1 Å². The molecular weight excluding hydrogens is 384 g/mol. The van der Waals surface area contributed by atoms with E-state index in [2.05, 4.69) is 0 Å². The second kappa shape index (κ2) is 9.26. The minimum atomic E-state index is -4.75. The molecule has 2 nitrogen and oxygen atoms in total. The molecule has 1 saturated heterocycles. The molecule has 2 aromatic rings. The van der Waals surface area contributed by atoms with Gasteiger partial charge in [0, 0.05) is 6.61 Å². The Morgan fingerprint density at radius 1 is 1.07 bits per heavy atom. The normalized spacial score (nSPS) is 20.1. The maximum absolute atomic E-state index is 14.2. The number of halogens is 4. The Labute approximate surface area is 168 Å². The Balaban J connectivity index is 1.66. The topological polar surface area (TPSA) is 18.5 Å². The first-order valence-corrected chi connectivity index (χ1v) is 9.98. The highest BCUT2D eigenvalue weighted by atomic mass is 19.4. The fourth-order valence-electron chi connectivity index (χ4n) is 3.75. The van der Waals surface area contributed by atoms with E-state index < -0.39 is 17.6 Å². The predicted octanol–water partition coefficient (Wildman–Crippen LogP) is 6.34.